The molecule has 1 amide bonds. The number of alkyl halides is 1. The molecule has 6 N–H and O–H groups in total. The van der Waals surface area contributed by atoms with E-state index in [1.165, 1.54) is 11.1 Å². The first-order valence-corrected chi connectivity index (χ1v) is 21.8. The quantitative estimate of drug-likeness (QED) is 0.0912. The number of likely N-dealkylation sites (tertiary alicyclic amines) is 1. The van der Waals surface area contributed by atoms with Gasteiger partial charge in [0, 0.05) is 48.7 Å². The lowest BCUT2D eigenvalue weighted by Crippen LogP contribution is -2.50. The minimum Gasteiger partial charge on any atom is -0.481 e. The SMILES string of the molecule is CC.CC.CC.Cc1ccccc1-c1n[n+](CC(=O)N2CCCCC2)c(N)cc1C.Cc1ccccc1-c1n[n+](CC(=O)O)c(N)cc1C.Cc1ncccn1.O=C(O)CBr. The number of hydrogen-bond donors (Lipinski definition) is 4. The number of carboxylic acid groups (broad SMARTS) is 2. The van der Waals surface area contributed by atoms with E-state index in [9.17, 15) is 14.4 Å². The van der Waals surface area contributed by atoms with Gasteiger partial charge in [0.2, 0.25) is 6.54 Å². The maximum atomic E-state index is 12.5. The van der Waals surface area contributed by atoms with E-state index in [-0.39, 0.29) is 24.3 Å². The zero-order valence-corrected chi connectivity index (χ0v) is 39.5. The van der Waals surface area contributed by atoms with Gasteiger partial charge in [-0.15, -0.1) is 9.36 Å². The van der Waals surface area contributed by atoms with Crippen LogP contribution in [0.1, 0.15) is 88.9 Å². The molecule has 2 aromatic carbocycles. The summed E-state index contributed by atoms with van der Waals surface area (Å²) in [5, 5.41) is 25.6. The Balaban J connectivity index is 0.000000858. The molecule has 0 atom stereocenters. The van der Waals surface area contributed by atoms with Gasteiger partial charge in [-0.05, 0) is 82.2 Å². The molecule has 61 heavy (non-hydrogen) atoms. The van der Waals surface area contributed by atoms with Gasteiger partial charge in [0.15, 0.2) is 6.54 Å². The first-order chi connectivity index (χ1) is 29.2. The zero-order valence-electron chi connectivity index (χ0n) is 37.9. The number of nitrogens with zero attached hydrogens (tertiary/aromatic N) is 7. The Kier molecular flexibility index (Phi) is 28.1. The second kappa shape index (κ2) is 31.1. The Morgan fingerprint density at radius 2 is 1.02 bits per heavy atom. The third kappa shape index (κ3) is 19.9. The van der Waals surface area contributed by atoms with E-state index in [4.69, 9.17) is 21.7 Å². The average molecular weight is 907 g/mol. The van der Waals surface area contributed by atoms with Crippen LogP contribution in [0.25, 0.3) is 22.5 Å². The first-order valence-electron chi connectivity index (χ1n) is 20.7. The van der Waals surface area contributed by atoms with Crippen LogP contribution in [-0.2, 0) is 27.5 Å². The number of aromatic nitrogens is 6. The highest BCUT2D eigenvalue weighted by molar-refractivity contribution is 9.09. The summed E-state index contributed by atoms with van der Waals surface area (Å²) < 4.78 is 2.93. The molecule has 4 heterocycles. The number of amides is 1. The van der Waals surface area contributed by atoms with Crippen LogP contribution < -0.4 is 20.8 Å². The predicted octanol–water partition coefficient (Wildman–Crippen LogP) is 7.90. The fraction of sp³-hybridized carbons (Fsp3) is 0.413. The van der Waals surface area contributed by atoms with Crippen LogP contribution >= 0.6 is 15.9 Å². The van der Waals surface area contributed by atoms with Gasteiger partial charge >= 0.3 is 11.9 Å². The predicted molar refractivity (Wildman–Crippen MR) is 248 cm³/mol. The molecule has 14 nitrogen and oxygen atoms in total. The van der Waals surface area contributed by atoms with Crippen LogP contribution in [0.15, 0.2) is 79.1 Å². The van der Waals surface area contributed by atoms with E-state index in [0.717, 1.165) is 76.5 Å². The van der Waals surface area contributed by atoms with Crippen molar-refractivity contribution in [3.05, 3.63) is 107 Å². The maximum absolute atomic E-state index is 12.5. The van der Waals surface area contributed by atoms with Crippen molar-refractivity contribution in [1.82, 2.24) is 25.1 Å². The lowest BCUT2D eigenvalue weighted by molar-refractivity contribution is -0.729. The number of carbonyl (C=O) groups excluding carboxylic acids is 1. The van der Waals surface area contributed by atoms with Crippen LogP contribution in [-0.4, -0.2) is 71.5 Å². The smallest absolute Gasteiger partial charge is 0.348 e. The molecule has 0 saturated carbocycles. The normalized spacial score (nSPS) is 10.9. The Morgan fingerprint density at radius 1 is 0.623 bits per heavy atom. The second-order valence-electron chi connectivity index (χ2n) is 12.8. The molecule has 0 unspecified atom stereocenters. The van der Waals surface area contributed by atoms with Gasteiger partial charge < -0.3 is 15.1 Å². The molecule has 0 spiro atoms. The van der Waals surface area contributed by atoms with Gasteiger partial charge in [-0.25, -0.2) is 14.8 Å². The molecule has 15 heteroatoms. The molecule has 0 bridgehead atoms. The minimum absolute atomic E-state index is 0.0347. The minimum atomic E-state index is -0.969. The van der Waals surface area contributed by atoms with Crippen molar-refractivity contribution in [3.63, 3.8) is 0 Å². The van der Waals surface area contributed by atoms with Crippen molar-refractivity contribution in [1.29, 1.82) is 0 Å². The van der Waals surface area contributed by atoms with E-state index < -0.39 is 11.9 Å². The highest BCUT2D eigenvalue weighted by Crippen LogP contribution is 2.25. The summed E-state index contributed by atoms with van der Waals surface area (Å²) in [7, 11) is 0. The van der Waals surface area contributed by atoms with Crippen LogP contribution in [0, 0.1) is 34.6 Å². The topological polar surface area (TPSA) is 206 Å². The fourth-order valence-corrected chi connectivity index (χ4v) is 5.58. The summed E-state index contributed by atoms with van der Waals surface area (Å²) in [5.74, 6) is -0.0119. The molecular formula is C46H68BrN9O5+2. The lowest BCUT2D eigenvalue weighted by Gasteiger charge is -2.26. The molecule has 1 saturated heterocycles. The summed E-state index contributed by atoms with van der Waals surface area (Å²) in [6.45, 7) is 23.5. The van der Waals surface area contributed by atoms with Gasteiger partial charge in [-0.3, -0.25) is 21.1 Å². The van der Waals surface area contributed by atoms with E-state index in [1.807, 2.05) is 117 Å². The summed E-state index contributed by atoms with van der Waals surface area (Å²) >= 11 is 2.71. The molecule has 0 radical (unpaired) electrons. The number of carbonyl (C=O) groups is 3. The van der Waals surface area contributed by atoms with Crippen LogP contribution in [0.3, 0.4) is 0 Å². The van der Waals surface area contributed by atoms with Gasteiger partial charge in [0.05, 0.1) is 0 Å². The Labute approximate surface area is 371 Å². The van der Waals surface area contributed by atoms with Crippen molar-refractivity contribution < 1.29 is 34.0 Å². The zero-order chi connectivity index (χ0) is 46.5. The maximum Gasteiger partial charge on any atom is 0.348 e. The number of nitrogen functional groups attached to an aromatic ring is 2. The van der Waals surface area contributed by atoms with E-state index >= 15 is 0 Å². The second-order valence-corrected chi connectivity index (χ2v) is 13.4. The molecule has 6 rings (SSSR count). The Hall–Kier alpha value is -5.83. The van der Waals surface area contributed by atoms with Gasteiger partial charge in [-0.1, -0.05) is 116 Å². The molecule has 0 aliphatic carbocycles. The van der Waals surface area contributed by atoms with Gasteiger partial charge in [-0.2, -0.15) is 0 Å². The molecular weight excluding hydrogens is 838 g/mol. The molecule has 3 aromatic heterocycles. The summed E-state index contributed by atoms with van der Waals surface area (Å²) in [4.78, 5) is 42.3. The number of halogens is 1. The number of nitrogens with two attached hydrogens (primary N) is 2. The lowest BCUT2D eigenvalue weighted by atomic mass is 10.0. The number of piperidine rings is 1. The van der Waals surface area contributed by atoms with E-state index in [2.05, 4.69) is 55.2 Å². The van der Waals surface area contributed by atoms with Crippen LogP contribution in [0.2, 0.25) is 0 Å². The standard InChI is InChI=1S/C19H24N4O.C14H15N3O2.C5H6N2.C2H3BrO2.3C2H6/c1-14-8-4-5-9-16(14)19-15(2)12-17(20)23(21-19)13-18(24)22-10-6-3-7-11-22;1-9-5-3-4-6-11(9)14-10(2)7-12(15)17(16-14)8-13(18)19;1-5-6-3-2-4-7-5;3-1-2(4)5;3*1-2/h4-5,8-9,12,20H,3,6-7,10-11,13H2,1-2H3;3-7,15H,8H2,1-2H3,(H,18,19);2-4H,1H3;1H2,(H,4,5);3*1-2H3/p+2. The third-order valence-electron chi connectivity index (χ3n) is 8.40. The number of benzene rings is 2. The van der Waals surface area contributed by atoms with Crippen molar-refractivity contribution in [3.8, 4) is 22.5 Å². The average Bonchev–Trinajstić information content (AvgIpc) is 3.26. The monoisotopic (exact) mass is 905 g/mol. The Morgan fingerprint density at radius 3 is 1.36 bits per heavy atom. The number of aliphatic carboxylic acids is 2. The number of hydrogen-bond acceptors (Lipinski definition) is 9. The van der Waals surface area contributed by atoms with Crippen molar-refractivity contribution in [2.75, 3.05) is 29.9 Å². The van der Waals surface area contributed by atoms with E-state index in [1.54, 1.807) is 29.2 Å². The first kappa shape index (κ1) is 55.2. The Bertz CT molecular complexity index is 2060. The molecule has 1 aliphatic heterocycles. The third-order valence-corrected chi connectivity index (χ3v) is 8.88. The molecule has 5 aromatic rings. The number of rotatable bonds is 7. The van der Waals surface area contributed by atoms with Crippen molar-refractivity contribution in [2.24, 2.45) is 0 Å². The highest BCUT2D eigenvalue weighted by Gasteiger charge is 2.22. The molecule has 1 fully saturated rings. The number of anilines is 2. The summed E-state index contributed by atoms with van der Waals surface area (Å²) in [6, 6.07) is 21.4. The summed E-state index contributed by atoms with van der Waals surface area (Å²) in [5.41, 5.74) is 19.8. The van der Waals surface area contributed by atoms with Gasteiger partial charge in [0.25, 0.3) is 17.5 Å². The molecule has 1 aliphatic rings. The van der Waals surface area contributed by atoms with Crippen molar-refractivity contribution in [2.45, 2.75) is 109 Å². The largest absolute Gasteiger partial charge is 0.481 e. The van der Waals surface area contributed by atoms with Crippen LogP contribution in [0.5, 0.6) is 0 Å². The fourth-order valence-electron chi connectivity index (χ4n) is 5.58. The summed E-state index contributed by atoms with van der Waals surface area (Å²) in [6.07, 6.45) is 6.83. The highest BCUT2D eigenvalue weighted by atomic mass is 79.9. The van der Waals surface area contributed by atoms with E-state index in [0.29, 0.717) is 11.6 Å². The number of carboxylic acids is 2. The van der Waals surface area contributed by atoms with Crippen molar-refractivity contribution >= 4 is 45.4 Å². The van der Waals surface area contributed by atoms with Gasteiger partial charge in [0.1, 0.15) is 22.5 Å². The molecule has 332 valence electrons. The number of aryl methyl sites for hydroxylation is 5. The van der Waals surface area contributed by atoms with Crippen LogP contribution in [0.4, 0.5) is 11.6 Å².